The van der Waals surface area contributed by atoms with Gasteiger partial charge in [0.25, 0.3) is 0 Å². The van der Waals surface area contributed by atoms with E-state index >= 15 is 0 Å². The van der Waals surface area contributed by atoms with Gasteiger partial charge in [0.1, 0.15) is 13.2 Å². The average molecular weight is 1150 g/mol. The number of carbonyl (C=O) groups excluding carboxylic acids is 3. The summed E-state index contributed by atoms with van der Waals surface area (Å²) in [6.07, 6.45) is 99.1. The van der Waals surface area contributed by atoms with E-state index in [1.54, 1.807) is 0 Å². The van der Waals surface area contributed by atoms with Gasteiger partial charge in [0, 0.05) is 19.3 Å². The molecule has 472 valence electrons. The van der Waals surface area contributed by atoms with E-state index in [-0.39, 0.29) is 31.1 Å². The highest BCUT2D eigenvalue weighted by Crippen LogP contribution is 2.17. The maximum atomic E-state index is 12.9. The highest BCUT2D eigenvalue weighted by Gasteiger charge is 2.19. The van der Waals surface area contributed by atoms with Crippen LogP contribution in [0.2, 0.25) is 0 Å². The van der Waals surface area contributed by atoms with Gasteiger partial charge >= 0.3 is 17.9 Å². The Morgan fingerprint density at radius 2 is 0.470 bits per heavy atom. The molecule has 0 bridgehead atoms. The summed E-state index contributed by atoms with van der Waals surface area (Å²) in [6, 6.07) is 0. The first-order chi connectivity index (χ1) is 41.0. The van der Waals surface area contributed by atoms with Crippen molar-refractivity contribution >= 4 is 17.9 Å². The molecule has 0 spiro atoms. The first kappa shape index (κ1) is 78.5. The van der Waals surface area contributed by atoms with E-state index in [2.05, 4.69) is 154 Å². The molecule has 83 heavy (non-hydrogen) atoms. The second-order valence-corrected chi connectivity index (χ2v) is 22.7. The molecule has 0 aliphatic heterocycles. The van der Waals surface area contributed by atoms with E-state index in [0.717, 1.165) is 167 Å². The third-order valence-corrected chi connectivity index (χ3v) is 14.6. The summed E-state index contributed by atoms with van der Waals surface area (Å²) in [6.45, 7) is 6.34. The van der Waals surface area contributed by atoms with Crippen molar-refractivity contribution in [2.75, 3.05) is 13.2 Å². The van der Waals surface area contributed by atoms with E-state index in [0.29, 0.717) is 19.3 Å². The third-order valence-electron chi connectivity index (χ3n) is 14.6. The highest BCUT2D eigenvalue weighted by molar-refractivity contribution is 5.71. The van der Waals surface area contributed by atoms with Gasteiger partial charge < -0.3 is 14.2 Å². The lowest BCUT2D eigenvalue weighted by Gasteiger charge is -2.18. The van der Waals surface area contributed by atoms with Crippen LogP contribution in [0, 0.1) is 0 Å². The minimum Gasteiger partial charge on any atom is -0.462 e. The Morgan fingerprint density at radius 1 is 0.253 bits per heavy atom. The van der Waals surface area contributed by atoms with Crippen LogP contribution < -0.4 is 0 Å². The lowest BCUT2D eigenvalue weighted by Crippen LogP contribution is -2.30. The first-order valence-corrected chi connectivity index (χ1v) is 34.7. The summed E-state index contributed by atoms with van der Waals surface area (Å²) in [4.78, 5) is 38.4. The molecule has 0 fully saturated rings. The van der Waals surface area contributed by atoms with E-state index in [9.17, 15) is 14.4 Å². The Hall–Kier alpha value is -4.45. The molecule has 1 unspecified atom stereocenters. The Kier molecular flexibility index (Phi) is 66.3. The van der Waals surface area contributed by atoms with Gasteiger partial charge in [0.2, 0.25) is 0 Å². The maximum absolute atomic E-state index is 12.9. The van der Waals surface area contributed by atoms with Crippen molar-refractivity contribution in [3.8, 4) is 0 Å². The van der Waals surface area contributed by atoms with Crippen LogP contribution in [0.15, 0.2) is 134 Å². The van der Waals surface area contributed by atoms with Crippen LogP contribution in [-0.4, -0.2) is 37.2 Å². The van der Waals surface area contributed by atoms with E-state index in [1.807, 2.05) is 0 Å². The Morgan fingerprint density at radius 3 is 0.735 bits per heavy atom. The fourth-order valence-electron chi connectivity index (χ4n) is 9.50. The zero-order valence-corrected chi connectivity index (χ0v) is 54.2. The first-order valence-electron chi connectivity index (χ1n) is 34.7. The van der Waals surface area contributed by atoms with Gasteiger partial charge in [0.15, 0.2) is 6.10 Å². The molecule has 0 heterocycles. The average Bonchev–Trinajstić information content (AvgIpc) is 3.49. The molecule has 0 aromatic rings. The number of allylic oxidation sites excluding steroid dienone is 22. The standard InChI is InChI=1S/C77H128O6/c1-4-7-10-13-16-19-22-25-27-29-31-33-34-35-36-37-38-39-40-41-42-44-45-47-49-52-55-58-61-64-67-70-76(79)82-73-74(72-81-75(78)69-66-63-60-57-54-51-24-21-18-15-12-9-6-3)83-77(80)71-68-65-62-59-56-53-50-48-46-43-32-30-28-26-23-20-17-14-11-8-5-2/h7-8,10-12,15-17,19-21,24-28,31-33,43,48,50,74H,4-6,9,13-14,18,22-23,29-30,34-42,44-47,49,51-73H2,1-3H3/b10-7-,11-8-,15-12-,19-16-,20-17-,24-21-,27-25-,28-26-,33-31-,43-32-,50-48-. The lowest BCUT2D eigenvalue weighted by atomic mass is 10.0. The molecule has 0 N–H and O–H groups in total. The molecule has 0 aliphatic rings. The molecule has 0 aliphatic carbocycles. The smallest absolute Gasteiger partial charge is 0.306 e. The molecule has 6 heteroatoms. The van der Waals surface area contributed by atoms with Crippen molar-refractivity contribution in [2.45, 2.75) is 322 Å². The quantitative estimate of drug-likeness (QED) is 0.0261. The van der Waals surface area contributed by atoms with Crippen LogP contribution >= 0.6 is 0 Å². The van der Waals surface area contributed by atoms with E-state index in [1.165, 1.54) is 109 Å². The van der Waals surface area contributed by atoms with Gasteiger partial charge in [-0.2, -0.15) is 0 Å². The molecule has 0 radical (unpaired) electrons. The zero-order chi connectivity index (χ0) is 59.9. The Labute approximate surface area is 513 Å². The summed E-state index contributed by atoms with van der Waals surface area (Å²) >= 11 is 0. The fraction of sp³-hybridized carbons (Fsp3) is 0.675. The monoisotopic (exact) mass is 1150 g/mol. The van der Waals surface area contributed by atoms with Crippen molar-refractivity contribution in [1.82, 2.24) is 0 Å². The van der Waals surface area contributed by atoms with Gasteiger partial charge in [-0.3, -0.25) is 14.4 Å². The van der Waals surface area contributed by atoms with Crippen LogP contribution in [0.3, 0.4) is 0 Å². The normalized spacial score (nSPS) is 13.0. The van der Waals surface area contributed by atoms with Crippen LogP contribution in [0.4, 0.5) is 0 Å². The van der Waals surface area contributed by atoms with E-state index in [4.69, 9.17) is 14.2 Å². The van der Waals surface area contributed by atoms with Crippen LogP contribution in [0.1, 0.15) is 316 Å². The Bertz CT molecular complexity index is 1750. The van der Waals surface area contributed by atoms with Crippen LogP contribution in [-0.2, 0) is 28.6 Å². The van der Waals surface area contributed by atoms with Crippen molar-refractivity contribution in [1.29, 1.82) is 0 Å². The van der Waals surface area contributed by atoms with Crippen LogP contribution in [0.5, 0.6) is 0 Å². The molecule has 0 aromatic heterocycles. The van der Waals surface area contributed by atoms with Crippen LogP contribution in [0.25, 0.3) is 0 Å². The number of rotatable bonds is 62. The molecule has 0 amide bonds. The summed E-state index contributed by atoms with van der Waals surface area (Å²) in [5.74, 6) is -0.917. The number of hydrogen-bond acceptors (Lipinski definition) is 6. The lowest BCUT2D eigenvalue weighted by molar-refractivity contribution is -0.167. The summed E-state index contributed by atoms with van der Waals surface area (Å²) < 4.78 is 16.9. The highest BCUT2D eigenvalue weighted by atomic mass is 16.6. The summed E-state index contributed by atoms with van der Waals surface area (Å²) in [5.41, 5.74) is 0. The van der Waals surface area contributed by atoms with Crippen molar-refractivity contribution in [3.63, 3.8) is 0 Å². The molecule has 0 saturated heterocycles. The molecule has 0 aromatic carbocycles. The van der Waals surface area contributed by atoms with Gasteiger partial charge in [-0.25, -0.2) is 0 Å². The fourth-order valence-corrected chi connectivity index (χ4v) is 9.50. The molecule has 6 nitrogen and oxygen atoms in total. The number of carbonyl (C=O) groups is 3. The topological polar surface area (TPSA) is 78.9 Å². The molecular weight excluding hydrogens is 1020 g/mol. The van der Waals surface area contributed by atoms with Gasteiger partial charge in [0.05, 0.1) is 0 Å². The molecule has 1 atom stereocenters. The maximum Gasteiger partial charge on any atom is 0.306 e. The number of esters is 3. The summed E-state index contributed by atoms with van der Waals surface area (Å²) in [5, 5.41) is 0. The molecule has 0 saturated carbocycles. The van der Waals surface area contributed by atoms with Gasteiger partial charge in [-0.05, 0) is 128 Å². The minimum absolute atomic E-state index is 0.0915. The number of unbranched alkanes of at least 4 members (excludes halogenated alkanes) is 29. The van der Waals surface area contributed by atoms with Crippen molar-refractivity contribution < 1.29 is 28.6 Å². The zero-order valence-electron chi connectivity index (χ0n) is 54.2. The third kappa shape index (κ3) is 68.2. The predicted octanol–water partition coefficient (Wildman–Crippen LogP) is 24.1. The second-order valence-electron chi connectivity index (χ2n) is 22.7. The largest absolute Gasteiger partial charge is 0.462 e. The van der Waals surface area contributed by atoms with Gasteiger partial charge in [-0.15, -0.1) is 0 Å². The number of ether oxygens (including phenoxy) is 3. The SMILES string of the molecule is CC/C=C\C/C=C\C/C=C\C/C=C\C/C=C\CCCCCCCC(=O)OC(COC(=O)CCCCCCC/C=C\C/C=C\CCC)COC(=O)CCCCCCCCCCCCCCCCCCCC/C=C\C/C=C\C/C=C\C/C=C\CC. The predicted molar refractivity (Wildman–Crippen MR) is 362 cm³/mol. The van der Waals surface area contributed by atoms with Gasteiger partial charge in [-0.1, -0.05) is 302 Å². The summed E-state index contributed by atoms with van der Waals surface area (Å²) in [7, 11) is 0. The van der Waals surface area contributed by atoms with Crippen molar-refractivity contribution in [3.05, 3.63) is 134 Å². The second kappa shape index (κ2) is 70.0. The minimum atomic E-state index is -0.799. The molecular formula is C77H128O6. The number of hydrogen-bond donors (Lipinski definition) is 0. The Balaban J connectivity index is 4.27. The van der Waals surface area contributed by atoms with E-state index < -0.39 is 6.10 Å². The van der Waals surface area contributed by atoms with Crippen molar-refractivity contribution in [2.24, 2.45) is 0 Å². The molecule has 0 rings (SSSR count).